The van der Waals surface area contributed by atoms with Gasteiger partial charge in [-0.3, -0.25) is 14.5 Å². The van der Waals surface area contributed by atoms with Crippen molar-refractivity contribution in [1.82, 2.24) is 9.88 Å². The number of aromatic carboxylic acids is 1. The van der Waals surface area contributed by atoms with Crippen molar-refractivity contribution < 1.29 is 47.9 Å². The lowest BCUT2D eigenvalue weighted by Gasteiger charge is -2.37. The second kappa shape index (κ2) is 21.7. The molecule has 14 heteroatoms. The Labute approximate surface area is 339 Å². The summed E-state index contributed by atoms with van der Waals surface area (Å²) in [4.78, 5) is 43.4. The predicted octanol–water partition coefficient (Wildman–Crippen LogP) is 7.40. The maximum Gasteiger partial charge on any atom is 0.347 e. The molecule has 0 bridgehead atoms. The summed E-state index contributed by atoms with van der Waals surface area (Å²) >= 11 is 1.06. The number of thiazole rings is 1. The number of aryl methyl sites for hydroxylation is 1. The average molecular weight is 806 g/mol. The van der Waals surface area contributed by atoms with Crippen LogP contribution in [0.5, 0.6) is 17.2 Å². The predicted molar refractivity (Wildman–Crippen MR) is 214 cm³/mol. The number of likely N-dealkylation sites (tertiary alicyclic amines) is 1. The van der Waals surface area contributed by atoms with Gasteiger partial charge in [-0.05, 0) is 81.3 Å². The summed E-state index contributed by atoms with van der Waals surface area (Å²) in [7, 11) is 3.27. The number of hydrogen-bond donors (Lipinski definition) is 1. The molecule has 308 valence electrons. The van der Waals surface area contributed by atoms with E-state index in [0.29, 0.717) is 65.2 Å². The highest BCUT2D eigenvalue weighted by Crippen LogP contribution is 2.33. The minimum Gasteiger partial charge on any atom is -0.493 e. The monoisotopic (exact) mass is 805 g/mol. The third-order valence-electron chi connectivity index (χ3n) is 10.4. The maximum atomic E-state index is 12.7. The van der Waals surface area contributed by atoms with Crippen LogP contribution in [0.25, 0.3) is 10.6 Å². The van der Waals surface area contributed by atoms with E-state index in [1.165, 1.54) is 6.42 Å². The van der Waals surface area contributed by atoms with E-state index in [-0.39, 0.29) is 54.6 Å². The van der Waals surface area contributed by atoms with Crippen molar-refractivity contribution in [3.05, 3.63) is 58.1 Å². The number of ether oxygens (including phenoxy) is 6. The van der Waals surface area contributed by atoms with Crippen LogP contribution >= 0.6 is 11.3 Å². The van der Waals surface area contributed by atoms with Gasteiger partial charge in [0.2, 0.25) is 0 Å². The fraction of sp³-hybridized carbons (Fsp3) is 0.558. The zero-order valence-corrected chi connectivity index (χ0v) is 34.3. The first-order chi connectivity index (χ1) is 27.6. The Balaban J connectivity index is 0.929. The van der Waals surface area contributed by atoms with E-state index < -0.39 is 5.97 Å². The molecule has 1 unspecified atom stereocenters. The molecule has 1 aliphatic heterocycles. The van der Waals surface area contributed by atoms with Gasteiger partial charge in [-0.25, -0.2) is 9.78 Å². The molecule has 0 radical (unpaired) electrons. The van der Waals surface area contributed by atoms with Crippen LogP contribution in [0, 0.1) is 24.2 Å². The lowest BCUT2D eigenvalue weighted by Crippen LogP contribution is -2.46. The molecule has 1 aliphatic carbocycles. The van der Waals surface area contributed by atoms with E-state index in [2.05, 4.69) is 16.0 Å². The Morgan fingerprint density at radius 3 is 2.46 bits per heavy atom. The number of methoxy groups -OCH3 is 2. The van der Waals surface area contributed by atoms with Gasteiger partial charge in [0.1, 0.15) is 27.8 Å². The quantitative estimate of drug-likeness (QED) is 0.0837. The van der Waals surface area contributed by atoms with Gasteiger partial charge in [-0.1, -0.05) is 32.3 Å². The van der Waals surface area contributed by atoms with Gasteiger partial charge in [-0.2, -0.15) is 5.26 Å². The Bertz CT molecular complexity index is 1860. The number of hydrogen-bond acceptors (Lipinski definition) is 13. The highest BCUT2D eigenvalue weighted by Gasteiger charge is 2.36. The molecule has 2 fully saturated rings. The highest BCUT2D eigenvalue weighted by molar-refractivity contribution is 7.17. The van der Waals surface area contributed by atoms with Crippen molar-refractivity contribution >= 4 is 29.2 Å². The highest BCUT2D eigenvalue weighted by atomic mass is 32.1. The fourth-order valence-corrected chi connectivity index (χ4v) is 8.25. The summed E-state index contributed by atoms with van der Waals surface area (Å²) in [6.07, 6.45) is 8.70. The number of carbonyl (C=O) groups is 3. The van der Waals surface area contributed by atoms with Crippen molar-refractivity contribution in [2.75, 3.05) is 47.1 Å². The Morgan fingerprint density at radius 1 is 0.965 bits per heavy atom. The maximum absolute atomic E-state index is 12.7. The molecular formula is C43H55N3O10S. The van der Waals surface area contributed by atoms with Gasteiger partial charge >= 0.3 is 17.9 Å². The minimum absolute atomic E-state index is 0.111. The summed E-state index contributed by atoms with van der Waals surface area (Å²) in [6, 6.07) is 13.4. The van der Waals surface area contributed by atoms with E-state index in [9.17, 15) is 24.8 Å². The Hall–Kier alpha value is -4.71. The second-order valence-electron chi connectivity index (χ2n) is 14.8. The van der Waals surface area contributed by atoms with Crippen molar-refractivity contribution in [3.63, 3.8) is 0 Å². The Kier molecular flexibility index (Phi) is 16.5. The summed E-state index contributed by atoms with van der Waals surface area (Å²) in [5.74, 6) is 0.174. The van der Waals surface area contributed by atoms with Crippen LogP contribution in [-0.4, -0.2) is 98.3 Å². The van der Waals surface area contributed by atoms with Crippen molar-refractivity contribution in [2.24, 2.45) is 5.92 Å². The van der Waals surface area contributed by atoms with Gasteiger partial charge in [0.05, 0.1) is 51.4 Å². The molecule has 13 nitrogen and oxygen atoms in total. The normalized spacial score (nSPS) is 18.7. The smallest absolute Gasteiger partial charge is 0.347 e. The van der Waals surface area contributed by atoms with E-state index in [1.54, 1.807) is 39.3 Å². The average Bonchev–Trinajstić information content (AvgIpc) is 3.85. The molecule has 1 aromatic heterocycles. The van der Waals surface area contributed by atoms with Gasteiger partial charge in [-0.15, -0.1) is 11.3 Å². The number of carboxylic acids is 1. The molecule has 1 saturated heterocycles. The molecule has 2 aromatic carbocycles. The third-order valence-corrected chi connectivity index (χ3v) is 11.6. The van der Waals surface area contributed by atoms with Gasteiger partial charge in [0.25, 0.3) is 0 Å². The molecular weight excluding hydrogens is 751 g/mol. The van der Waals surface area contributed by atoms with Gasteiger partial charge in [0.15, 0.2) is 11.5 Å². The molecule has 4 atom stereocenters. The van der Waals surface area contributed by atoms with Crippen LogP contribution in [0.1, 0.15) is 97.6 Å². The number of rotatable bonds is 21. The first kappa shape index (κ1) is 43.4. The molecule has 0 amide bonds. The number of esters is 2. The standard InChI is InChI=1S/C43H55N3O10S/c1-28(26-54-35-17-15-31(23-32(35)24-44)42-45-29(2)41(57-42)43(49)50)27-55-39(47)12-6-5-7-13-40(48)56-33-18-20-46(25-33)34-10-8-9-11-36(34)53-21-19-30-14-16-37(51-3)38(22-30)52-4/h14-17,22-23,28,33-34,36H,5-13,18-21,25-27H2,1-4H3,(H,49,50)/t28?,33-,34-,36-/m1/s1. The number of carbonyl (C=O) groups excluding carboxylic acids is 2. The Morgan fingerprint density at radius 2 is 1.72 bits per heavy atom. The van der Waals surface area contributed by atoms with Crippen LogP contribution in [-0.2, 0) is 30.2 Å². The zero-order valence-electron chi connectivity index (χ0n) is 33.5. The summed E-state index contributed by atoms with van der Waals surface area (Å²) in [5, 5.41) is 19.5. The van der Waals surface area contributed by atoms with Crippen molar-refractivity contribution in [1.29, 1.82) is 5.26 Å². The summed E-state index contributed by atoms with van der Waals surface area (Å²) < 4.78 is 34.4. The molecule has 1 saturated carbocycles. The van der Waals surface area contributed by atoms with Gasteiger partial charge < -0.3 is 33.5 Å². The molecule has 2 heterocycles. The van der Waals surface area contributed by atoms with Crippen molar-refractivity contribution in [3.8, 4) is 33.9 Å². The van der Waals surface area contributed by atoms with Crippen LogP contribution in [0.4, 0.5) is 0 Å². The number of nitrogens with zero attached hydrogens (tertiary/aromatic N) is 3. The number of benzene rings is 2. The zero-order chi connectivity index (χ0) is 40.7. The number of carboxylic acid groups (broad SMARTS) is 1. The minimum atomic E-state index is -1.04. The molecule has 1 N–H and O–H groups in total. The number of unbranched alkanes of at least 4 members (excludes halogenated alkanes) is 2. The summed E-state index contributed by atoms with van der Waals surface area (Å²) in [6.45, 7) is 6.19. The third kappa shape index (κ3) is 12.6. The molecule has 57 heavy (non-hydrogen) atoms. The molecule has 2 aliphatic rings. The summed E-state index contributed by atoms with van der Waals surface area (Å²) in [5.41, 5.74) is 2.50. The van der Waals surface area contributed by atoms with E-state index in [0.717, 1.165) is 74.3 Å². The lowest BCUT2D eigenvalue weighted by atomic mass is 9.91. The SMILES string of the molecule is COc1ccc(CCO[C@@H]2CCCC[C@H]2N2CC[C@@H](OC(=O)CCCCCC(=O)OCC(C)COc3ccc(-c4nc(C)c(C(=O)O)s4)cc3C#N)C2)cc1OC. The fourth-order valence-electron chi connectivity index (χ4n) is 7.35. The van der Waals surface area contributed by atoms with Crippen LogP contribution < -0.4 is 14.2 Å². The topological polar surface area (TPSA) is 167 Å². The lowest BCUT2D eigenvalue weighted by molar-refractivity contribution is -0.148. The molecule has 5 rings (SSSR count). The first-order valence-corrected chi connectivity index (χ1v) is 20.7. The first-order valence-electron chi connectivity index (χ1n) is 19.9. The van der Waals surface area contributed by atoms with E-state index in [4.69, 9.17) is 28.4 Å². The number of aromatic nitrogens is 1. The largest absolute Gasteiger partial charge is 0.493 e. The second-order valence-corrected chi connectivity index (χ2v) is 15.8. The van der Waals surface area contributed by atoms with Crippen LogP contribution in [0.2, 0.25) is 0 Å². The van der Waals surface area contributed by atoms with Crippen LogP contribution in [0.3, 0.4) is 0 Å². The van der Waals surface area contributed by atoms with E-state index >= 15 is 0 Å². The molecule has 3 aromatic rings. The van der Waals surface area contributed by atoms with Crippen LogP contribution in [0.15, 0.2) is 36.4 Å². The van der Waals surface area contributed by atoms with Crippen molar-refractivity contribution in [2.45, 2.75) is 103 Å². The molecule has 0 spiro atoms. The van der Waals surface area contributed by atoms with Gasteiger partial charge in [0, 0.05) is 43.5 Å². The number of nitriles is 1. The van der Waals surface area contributed by atoms with E-state index in [1.807, 2.05) is 25.1 Å².